The van der Waals surface area contributed by atoms with Gasteiger partial charge in [0.25, 0.3) is 0 Å². The lowest BCUT2D eigenvalue weighted by atomic mass is 10.1. The van der Waals surface area contributed by atoms with Crippen LogP contribution in [0.25, 0.3) is 10.9 Å². The quantitative estimate of drug-likeness (QED) is 0.331. The van der Waals surface area contributed by atoms with Crippen molar-refractivity contribution < 1.29 is 14.6 Å². The molecule has 41 heavy (non-hydrogen) atoms. The summed E-state index contributed by atoms with van der Waals surface area (Å²) in [7, 11) is 1.66. The van der Waals surface area contributed by atoms with Crippen LogP contribution >= 0.6 is 0 Å². The minimum absolute atomic E-state index is 0.104. The third-order valence-electron chi connectivity index (χ3n) is 7.95. The molecule has 0 amide bonds. The Morgan fingerprint density at radius 3 is 2.27 bits per heavy atom. The predicted octanol–water partition coefficient (Wildman–Crippen LogP) is 3.18. The molecule has 2 aromatic carbocycles. The number of piperidine rings is 1. The number of likely N-dealkylation sites (tertiary alicyclic amines) is 1. The standard InChI is InChI=1S/C31H37N7O3/c1-40-28-19-27-26(18-29(28)41-25-7-9-36(10-8-25)15-16-39)30(35-22-34-27)37-11-13-38(14-12-37)31-32-20-24(21-33-31)17-23-5-3-2-4-6-23/h2-6,18-22,25,39H,7-17H2,1H3. The highest BCUT2D eigenvalue weighted by Gasteiger charge is 2.25. The summed E-state index contributed by atoms with van der Waals surface area (Å²) in [6, 6.07) is 14.4. The fraction of sp³-hybridized carbons (Fsp3) is 0.419. The Kier molecular flexibility index (Phi) is 8.39. The highest BCUT2D eigenvalue weighted by molar-refractivity contribution is 5.92. The summed E-state index contributed by atoms with van der Waals surface area (Å²) in [6.07, 6.45) is 8.25. The summed E-state index contributed by atoms with van der Waals surface area (Å²) in [5.41, 5.74) is 3.19. The fourth-order valence-electron chi connectivity index (χ4n) is 5.68. The SMILES string of the molecule is COc1cc2ncnc(N3CCN(c4ncc(Cc5ccccc5)cn4)CC3)c2cc1OC1CCN(CCO)CC1. The minimum atomic E-state index is 0.104. The molecule has 6 rings (SSSR count). The van der Waals surface area contributed by atoms with E-state index in [1.807, 2.05) is 30.6 Å². The van der Waals surface area contributed by atoms with E-state index in [0.29, 0.717) is 12.3 Å². The maximum absolute atomic E-state index is 9.24. The van der Waals surface area contributed by atoms with Crippen molar-refractivity contribution in [1.29, 1.82) is 0 Å². The van der Waals surface area contributed by atoms with E-state index in [1.54, 1.807) is 13.4 Å². The molecule has 2 fully saturated rings. The topological polar surface area (TPSA) is 100.0 Å². The first-order chi connectivity index (χ1) is 20.2. The fourth-order valence-corrected chi connectivity index (χ4v) is 5.68. The molecule has 2 aliphatic rings. The molecule has 4 heterocycles. The van der Waals surface area contributed by atoms with Crippen molar-refractivity contribution in [3.8, 4) is 11.5 Å². The largest absolute Gasteiger partial charge is 0.493 e. The van der Waals surface area contributed by atoms with E-state index in [9.17, 15) is 5.11 Å². The molecular formula is C31H37N7O3. The third-order valence-corrected chi connectivity index (χ3v) is 7.95. The van der Waals surface area contributed by atoms with Crippen LogP contribution in [-0.4, -0.2) is 95.6 Å². The highest BCUT2D eigenvalue weighted by Crippen LogP contribution is 2.36. The number of β-amino-alcohol motifs (C(OH)–C–C–N with tert-alkyl or cyclic N) is 1. The lowest BCUT2D eigenvalue weighted by molar-refractivity contribution is 0.0870. The van der Waals surface area contributed by atoms with E-state index < -0.39 is 0 Å². The number of aromatic nitrogens is 4. The Morgan fingerprint density at radius 2 is 1.56 bits per heavy atom. The molecule has 0 unspecified atom stereocenters. The summed E-state index contributed by atoms with van der Waals surface area (Å²) < 4.78 is 12.1. The zero-order chi connectivity index (χ0) is 28.0. The van der Waals surface area contributed by atoms with Gasteiger partial charge in [-0.1, -0.05) is 30.3 Å². The summed E-state index contributed by atoms with van der Waals surface area (Å²) in [5, 5.41) is 10.2. The number of nitrogens with zero attached hydrogens (tertiary/aromatic N) is 7. The van der Waals surface area contributed by atoms with Crippen molar-refractivity contribution in [3.63, 3.8) is 0 Å². The number of anilines is 2. The number of piperazine rings is 1. The molecule has 2 aliphatic heterocycles. The maximum Gasteiger partial charge on any atom is 0.225 e. The monoisotopic (exact) mass is 555 g/mol. The molecule has 0 spiro atoms. The van der Waals surface area contributed by atoms with Gasteiger partial charge in [-0.05, 0) is 30.0 Å². The summed E-state index contributed by atoms with van der Waals surface area (Å²) in [5.74, 6) is 3.07. The first kappa shape index (κ1) is 27.2. The highest BCUT2D eigenvalue weighted by atomic mass is 16.5. The van der Waals surface area contributed by atoms with Crippen molar-refractivity contribution in [2.45, 2.75) is 25.4 Å². The number of aliphatic hydroxyl groups is 1. The molecular weight excluding hydrogens is 518 g/mol. The molecule has 2 aromatic heterocycles. The van der Waals surface area contributed by atoms with E-state index >= 15 is 0 Å². The lowest BCUT2D eigenvalue weighted by Gasteiger charge is -2.36. The summed E-state index contributed by atoms with van der Waals surface area (Å²) in [4.78, 5) is 25.4. The second-order valence-electron chi connectivity index (χ2n) is 10.6. The van der Waals surface area contributed by atoms with Crippen molar-refractivity contribution in [3.05, 3.63) is 72.3 Å². The average molecular weight is 556 g/mol. The number of aliphatic hydroxyl groups excluding tert-OH is 1. The zero-order valence-electron chi connectivity index (χ0n) is 23.5. The maximum atomic E-state index is 9.24. The molecule has 2 saturated heterocycles. The number of rotatable bonds is 9. The number of fused-ring (bicyclic) bond motifs is 1. The van der Waals surface area contributed by atoms with Crippen LogP contribution in [0.2, 0.25) is 0 Å². The molecule has 10 nitrogen and oxygen atoms in total. The molecule has 4 aromatic rings. The van der Waals surface area contributed by atoms with Crippen molar-refractivity contribution >= 4 is 22.7 Å². The molecule has 0 radical (unpaired) electrons. The Balaban J connectivity index is 1.13. The zero-order valence-corrected chi connectivity index (χ0v) is 23.5. The second kappa shape index (κ2) is 12.7. The van der Waals surface area contributed by atoms with Gasteiger partial charge < -0.3 is 29.3 Å². The first-order valence-electron chi connectivity index (χ1n) is 14.4. The predicted molar refractivity (Wildman–Crippen MR) is 159 cm³/mol. The van der Waals surface area contributed by atoms with Crippen molar-refractivity contribution in [2.75, 3.05) is 69.3 Å². The van der Waals surface area contributed by atoms with Crippen LogP contribution in [0, 0.1) is 0 Å². The van der Waals surface area contributed by atoms with Gasteiger partial charge in [-0.25, -0.2) is 19.9 Å². The lowest BCUT2D eigenvalue weighted by Crippen LogP contribution is -2.47. The van der Waals surface area contributed by atoms with E-state index in [-0.39, 0.29) is 12.7 Å². The second-order valence-corrected chi connectivity index (χ2v) is 10.6. The number of benzene rings is 2. The van der Waals surface area contributed by atoms with E-state index in [0.717, 1.165) is 92.5 Å². The normalized spacial score (nSPS) is 16.7. The van der Waals surface area contributed by atoms with Gasteiger partial charge in [0.15, 0.2) is 11.5 Å². The molecule has 0 saturated carbocycles. The minimum Gasteiger partial charge on any atom is -0.493 e. The van der Waals surface area contributed by atoms with Gasteiger partial charge in [-0.15, -0.1) is 0 Å². The van der Waals surface area contributed by atoms with Gasteiger partial charge in [0.2, 0.25) is 5.95 Å². The van der Waals surface area contributed by atoms with Crippen LogP contribution in [0.5, 0.6) is 11.5 Å². The van der Waals surface area contributed by atoms with Gasteiger partial charge in [0.05, 0.1) is 19.2 Å². The van der Waals surface area contributed by atoms with Crippen LogP contribution < -0.4 is 19.3 Å². The first-order valence-corrected chi connectivity index (χ1v) is 14.4. The van der Waals surface area contributed by atoms with Gasteiger partial charge in [0.1, 0.15) is 18.2 Å². The van der Waals surface area contributed by atoms with Gasteiger partial charge in [-0.2, -0.15) is 0 Å². The number of hydrogen-bond donors (Lipinski definition) is 1. The van der Waals surface area contributed by atoms with Gasteiger partial charge in [0, 0.05) is 76.1 Å². The smallest absolute Gasteiger partial charge is 0.225 e. The van der Waals surface area contributed by atoms with E-state index in [2.05, 4.69) is 53.9 Å². The third kappa shape index (κ3) is 6.34. The number of hydrogen-bond acceptors (Lipinski definition) is 10. The van der Waals surface area contributed by atoms with Crippen LogP contribution in [0.1, 0.15) is 24.0 Å². The van der Waals surface area contributed by atoms with Crippen molar-refractivity contribution in [2.24, 2.45) is 0 Å². The molecule has 0 bridgehead atoms. The Labute approximate surface area is 240 Å². The summed E-state index contributed by atoms with van der Waals surface area (Å²) in [6.45, 7) is 5.93. The molecule has 10 heteroatoms. The van der Waals surface area contributed by atoms with Crippen LogP contribution in [0.4, 0.5) is 11.8 Å². The number of ether oxygens (including phenoxy) is 2. The van der Waals surface area contributed by atoms with E-state index in [1.165, 1.54) is 5.56 Å². The molecule has 0 aliphatic carbocycles. The Hall–Kier alpha value is -4.02. The summed E-state index contributed by atoms with van der Waals surface area (Å²) >= 11 is 0. The Bertz CT molecular complexity index is 1420. The van der Waals surface area contributed by atoms with Crippen LogP contribution in [0.3, 0.4) is 0 Å². The van der Waals surface area contributed by atoms with Gasteiger partial charge in [-0.3, -0.25) is 0 Å². The van der Waals surface area contributed by atoms with Crippen molar-refractivity contribution in [1.82, 2.24) is 24.8 Å². The molecule has 1 N–H and O–H groups in total. The number of methoxy groups -OCH3 is 1. The molecule has 214 valence electrons. The Morgan fingerprint density at radius 1 is 0.829 bits per heavy atom. The van der Waals surface area contributed by atoms with Crippen LogP contribution in [0.15, 0.2) is 61.2 Å². The van der Waals surface area contributed by atoms with Crippen LogP contribution in [-0.2, 0) is 6.42 Å². The van der Waals surface area contributed by atoms with E-state index in [4.69, 9.17) is 14.5 Å². The molecule has 0 atom stereocenters. The van der Waals surface area contributed by atoms with Gasteiger partial charge >= 0.3 is 0 Å². The average Bonchev–Trinajstić information content (AvgIpc) is 3.02.